The van der Waals surface area contributed by atoms with Gasteiger partial charge in [0.2, 0.25) is 5.91 Å². The third-order valence-corrected chi connectivity index (χ3v) is 9.90. The molecular formula is C32H42N2O3. The normalized spacial score (nSPS) is 30.4. The number of carbonyl (C=O) groups is 1. The average Bonchev–Trinajstić information content (AvgIpc) is 3.30. The fraction of sp³-hybridized carbons (Fsp3) is 0.594. The number of nitrogens with one attached hydrogen (secondary N) is 1. The van der Waals surface area contributed by atoms with E-state index < -0.39 is 0 Å². The van der Waals surface area contributed by atoms with Gasteiger partial charge in [-0.3, -0.25) is 4.79 Å². The maximum Gasteiger partial charge on any atom is 0.228 e. The van der Waals surface area contributed by atoms with Crippen LogP contribution in [0.5, 0.6) is 11.5 Å². The lowest BCUT2D eigenvalue weighted by atomic mass is 9.68. The van der Waals surface area contributed by atoms with Crippen LogP contribution in [0.25, 0.3) is 0 Å². The zero-order chi connectivity index (χ0) is 25.2. The molecule has 37 heavy (non-hydrogen) atoms. The molecule has 1 spiro atoms. The maximum atomic E-state index is 14.7. The van der Waals surface area contributed by atoms with Gasteiger partial charge in [0.1, 0.15) is 0 Å². The molecule has 1 aliphatic carbocycles. The van der Waals surface area contributed by atoms with E-state index >= 15 is 0 Å². The summed E-state index contributed by atoms with van der Waals surface area (Å²) in [6, 6.07) is 17.6. The first-order valence-electron chi connectivity index (χ1n) is 14.6. The van der Waals surface area contributed by atoms with E-state index in [0.717, 1.165) is 62.4 Å². The minimum Gasteiger partial charge on any atom is -0.493 e. The maximum absolute atomic E-state index is 14.7. The Morgan fingerprint density at radius 1 is 1.03 bits per heavy atom. The molecule has 1 saturated carbocycles. The van der Waals surface area contributed by atoms with Crippen LogP contribution in [0.1, 0.15) is 74.8 Å². The van der Waals surface area contributed by atoms with Crippen LogP contribution in [0.15, 0.2) is 48.5 Å². The van der Waals surface area contributed by atoms with E-state index in [9.17, 15) is 4.79 Å². The van der Waals surface area contributed by atoms with Crippen molar-refractivity contribution in [1.29, 1.82) is 0 Å². The van der Waals surface area contributed by atoms with Gasteiger partial charge in [0.15, 0.2) is 11.5 Å². The number of carbonyl (C=O) groups excluding carboxylic acids is 1. The third kappa shape index (κ3) is 4.54. The average molecular weight is 503 g/mol. The number of para-hydroxylation sites is 1. The number of rotatable bonds is 4. The summed E-state index contributed by atoms with van der Waals surface area (Å²) in [5.41, 5.74) is 2.35. The lowest BCUT2D eigenvalue weighted by Crippen LogP contribution is -2.54. The first-order chi connectivity index (χ1) is 18.2. The monoisotopic (exact) mass is 502 g/mol. The van der Waals surface area contributed by atoms with Crippen LogP contribution in [-0.4, -0.2) is 50.2 Å². The smallest absolute Gasteiger partial charge is 0.228 e. The second-order valence-electron chi connectivity index (χ2n) is 11.8. The van der Waals surface area contributed by atoms with Gasteiger partial charge in [-0.15, -0.1) is 0 Å². The molecule has 0 radical (unpaired) electrons. The molecule has 2 aromatic rings. The van der Waals surface area contributed by atoms with E-state index in [1.54, 1.807) is 7.11 Å². The first-order valence-corrected chi connectivity index (χ1v) is 14.6. The minimum atomic E-state index is -0.245. The molecule has 1 amide bonds. The molecule has 3 fully saturated rings. The number of piperidine rings is 1. The van der Waals surface area contributed by atoms with Gasteiger partial charge in [0, 0.05) is 36.7 Å². The van der Waals surface area contributed by atoms with Gasteiger partial charge in [-0.2, -0.15) is 0 Å². The Kier molecular flexibility index (Phi) is 7.16. The molecule has 4 aliphatic rings. The number of hydrogen-bond donors (Lipinski definition) is 1. The van der Waals surface area contributed by atoms with Crippen molar-refractivity contribution in [1.82, 2.24) is 10.2 Å². The van der Waals surface area contributed by atoms with Gasteiger partial charge in [0.25, 0.3) is 0 Å². The Hall–Kier alpha value is -2.53. The zero-order valence-electron chi connectivity index (χ0n) is 22.3. The van der Waals surface area contributed by atoms with E-state index in [4.69, 9.17) is 9.47 Å². The molecule has 3 aliphatic heterocycles. The lowest BCUT2D eigenvalue weighted by Gasteiger charge is -2.47. The molecule has 198 valence electrons. The molecule has 1 unspecified atom stereocenters. The van der Waals surface area contributed by atoms with Crippen molar-refractivity contribution in [3.05, 3.63) is 59.7 Å². The van der Waals surface area contributed by atoms with Crippen LogP contribution in [-0.2, 0) is 10.2 Å². The topological polar surface area (TPSA) is 50.8 Å². The Bertz CT molecular complexity index is 1080. The molecule has 6 rings (SSSR count). The summed E-state index contributed by atoms with van der Waals surface area (Å²) in [5, 5.41) is 3.64. The van der Waals surface area contributed by atoms with Crippen LogP contribution in [0, 0.1) is 11.8 Å². The minimum absolute atomic E-state index is 0.0700. The van der Waals surface area contributed by atoms with E-state index in [-0.39, 0.29) is 11.3 Å². The van der Waals surface area contributed by atoms with Gasteiger partial charge in [-0.1, -0.05) is 61.7 Å². The zero-order valence-corrected chi connectivity index (χ0v) is 22.3. The fourth-order valence-corrected chi connectivity index (χ4v) is 8.01. The summed E-state index contributed by atoms with van der Waals surface area (Å²) < 4.78 is 11.9. The predicted molar refractivity (Wildman–Crippen MR) is 146 cm³/mol. The van der Waals surface area contributed by atoms with Gasteiger partial charge in [0.05, 0.1) is 19.6 Å². The molecule has 0 bridgehead atoms. The number of ether oxygens (including phenoxy) is 2. The summed E-state index contributed by atoms with van der Waals surface area (Å²) in [6.07, 6.45) is 10.5. The molecule has 1 N–H and O–H groups in total. The van der Waals surface area contributed by atoms with Crippen LogP contribution < -0.4 is 14.8 Å². The number of nitrogens with zero attached hydrogens (tertiary/aromatic N) is 1. The number of hydrogen-bond acceptors (Lipinski definition) is 4. The summed E-state index contributed by atoms with van der Waals surface area (Å²) in [5.74, 6) is 3.09. The number of fused-ring (bicyclic) bond motifs is 2. The van der Waals surface area contributed by atoms with Gasteiger partial charge in [-0.25, -0.2) is 0 Å². The number of likely N-dealkylation sites (tertiary alicyclic amines) is 1. The summed E-state index contributed by atoms with van der Waals surface area (Å²) in [4.78, 5) is 17.0. The molecule has 5 heteroatoms. The van der Waals surface area contributed by atoms with Crippen molar-refractivity contribution < 1.29 is 14.3 Å². The van der Waals surface area contributed by atoms with Gasteiger partial charge < -0.3 is 19.7 Å². The van der Waals surface area contributed by atoms with Crippen LogP contribution in [0.3, 0.4) is 0 Å². The second kappa shape index (κ2) is 10.7. The van der Waals surface area contributed by atoms with Crippen molar-refractivity contribution in [3.63, 3.8) is 0 Å². The van der Waals surface area contributed by atoms with Gasteiger partial charge in [-0.05, 0) is 62.0 Å². The third-order valence-electron chi connectivity index (χ3n) is 9.90. The first kappa shape index (κ1) is 24.8. The molecule has 2 saturated heterocycles. The number of methoxy groups -OCH3 is 1. The molecule has 3 heterocycles. The molecule has 5 nitrogen and oxygen atoms in total. The van der Waals surface area contributed by atoms with Crippen molar-refractivity contribution in [2.24, 2.45) is 11.8 Å². The van der Waals surface area contributed by atoms with E-state index in [0.29, 0.717) is 30.4 Å². The highest BCUT2D eigenvalue weighted by molar-refractivity contribution is 5.82. The summed E-state index contributed by atoms with van der Waals surface area (Å²) in [6.45, 7) is 3.10. The van der Waals surface area contributed by atoms with Gasteiger partial charge >= 0.3 is 0 Å². The van der Waals surface area contributed by atoms with Crippen molar-refractivity contribution >= 4 is 5.91 Å². The highest BCUT2D eigenvalue weighted by Gasteiger charge is 2.52. The molecule has 0 aromatic heterocycles. The Balaban J connectivity index is 1.32. The van der Waals surface area contributed by atoms with Crippen molar-refractivity contribution in [3.8, 4) is 11.5 Å². The van der Waals surface area contributed by atoms with Crippen molar-refractivity contribution in [2.45, 2.75) is 75.2 Å². The Morgan fingerprint density at radius 3 is 2.68 bits per heavy atom. The highest BCUT2D eigenvalue weighted by Crippen LogP contribution is 2.50. The summed E-state index contributed by atoms with van der Waals surface area (Å²) >= 11 is 0. The SMILES string of the molecule is COc1cccc2c1OCCC[C@]21CNCC1C(=O)N1CC[C@@H](c2ccccc2)C[C@H]1C1CCCCC1. The van der Waals surface area contributed by atoms with E-state index in [1.165, 1.54) is 37.7 Å². The van der Waals surface area contributed by atoms with Crippen molar-refractivity contribution in [2.75, 3.05) is 33.4 Å². The van der Waals surface area contributed by atoms with Crippen LogP contribution in [0.4, 0.5) is 0 Å². The second-order valence-corrected chi connectivity index (χ2v) is 11.8. The standard InChI is InChI=1S/C32H42N2O3/c1-36-29-15-8-14-26-30(29)37-19-9-17-32(26)22-33-21-27(32)31(35)34-18-16-25(23-10-4-2-5-11-23)20-28(34)24-12-6-3-7-13-24/h2,4-5,8,10-11,14-15,24-25,27-28,33H,3,6-7,9,12-13,16-22H2,1H3/t25-,27?,28+,32+/m1/s1. The largest absolute Gasteiger partial charge is 0.493 e. The van der Waals surface area contributed by atoms with Crippen LogP contribution in [0.2, 0.25) is 0 Å². The number of benzene rings is 2. The molecule has 2 aromatic carbocycles. The molecule has 4 atom stereocenters. The lowest BCUT2D eigenvalue weighted by molar-refractivity contribution is -0.142. The highest BCUT2D eigenvalue weighted by atomic mass is 16.5. The summed E-state index contributed by atoms with van der Waals surface area (Å²) in [7, 11) is 1.71. The quantitative estimate of drug-likeness (QED) is 0.584. The Morgan fingerprint density at radius 2 is 1.86 bits per heavy atom. The molecular weight excluding hydrogens is 460 g/mol. The van der Waals surface area contributed by atoms with E-state index in [1.807, 2.05) is 6.07 Å². The Labute approximate surface area is 221 Å². The van der Waals surface area contributed by atoms with Crippen LogP contribution >= 0.6 is 0 Å². The number of amides is 1. The fourth-order valence-electron chi connectivity index (χ4n) is 8.01. The predicted octanol–water partition coefficient (Wildman–Crippen LogP) is 5.68. The van der Waals surface area contributed by atoms with E-state index in [2.05, 4.69) is 52.7 Å².